The van der Waals surface area contributed by atoms with E-state index in [9.17, 15) is 9.50 Å². The van der Waals surface area contributed by atoms with E-state index in [0.717, 1.165) is 0 Å². The van der Waals surface area contributed by atoms with Gasteiger partial charge in [-0.3, -0.25) is 0 Å². The van der Waals surface area contributed by atoms with Gasteiger partial charge >= 0.3 is 0 Å². The van der Waals surface area contributed by atoms with Crippen LogP contribution in [0.2, 0.25) is 5.02 Å². The molecule has 4 heteroatoms. The lowest BCUT2D eigenvalue weighted by atomic mass is 9.84. The van der Waals surface area contributed by atoms with Crippen molar-refractivity contribution >= 4 is 11.6 Å². The van der Waals surface area contributed by atoms with E-state index >= 15 is 0 Å². The van der Waals surface area contributed by atoms with E-state index in [1.807, 2.05) is 6.92 Å². The van der Waals surface area contributed by atoms with Crippen LogP contribution in [0.15, 0.2) is 18.2 Å². The van der Waals surface area contributed by atoms with Crippen LogP contribution in [0.1, 0.15) is 12.5 Å². The number of nitrogens with two attached hydrogens (primary N) is 1. The minimum Gasteiger partial charge on any atom is -0.396 e. The molecule has 0 aromatic heterocycles. The predicted molar refractivity (Wildman–Crippen MR) is 59.4 cm³/mol. The summed E-state index contributed by atoms with van der Waals surface area (Å²) in [7, 11) is 0. The average Bonchev–Trinajstić information content (AvgIpc) is 2.25. The third kappa shape index (κ3) is 2.91. The minimum atomic E-state index is -0.495. The summed E-state index contributed by atoms with van der Waals surface area (Å²) in [5.41, 5.74) is 5.53. The van der Waals surface area contributed by atoms with Gasteiger partial charge in [-0.25, -0.2) is 4.39 Å². The Hall–Kier alpha value is -0.640. The maximum Gasteiger partial charge on any atom is 0.144 e. The van der Waals surface area contributed by atoms with Crippen LogP contribution in [0.3, 0.4) is 0 Å². The number of aliphatic hydroxyl groups is 1. The fourth-order valence-electron chi connectivity index (χ4n) is 1.34. The molecule has 0 aliphatic rings. The SMILES string of the molecule is CC(CN)(CO)Cc1cccc(Cl)c1F. The van der Waals surface area contributed by atoms with Crippen LogP contribution in [0.5, 0.6) is 0 Å². The molecule has 1 atom stereocenters. The number of aliphatic hydroxyl groups excluding tert-OH is 1. The molecule has 0 amide bonds. The maximum absolute atomic E-state index is 13.6. The van der Waals surface area contributed by atoms with E-state index in [0.29, 0.717) is 18.5 Å². The highest BCUT2D eigenvalue weighted by Gasteiger charge is 2.23. The fraction of sp³-hybridized carbons (Fsp3) is 0.455. The molecular weight excluding hydrogens is 217 g/mol. The summed E-state index contributed by atoms with van der Waals surface area (Å²) in [4.78, 5) is 0. The van der Waals surface area contributed by atoms with E-state index in [1.54, 1.807) is 12.1 Å². The lowest BCUT2D eigenvalue weighted by Crippen LogP contribution is -2.33. The Kier molecular flexibility index (Phi) is 4.08. The van der Waals surface area contributed by atoms with E-state index in [2.05, 4.69) is 0 Å². The Labute approximate surface area is 93.9 Å². The molecule has 0 saturated heterocycles. The number of halogens is 2. The lowest BCUT2D eigenvalue weighted by Gasteiger charge is -2.25. The van der Waals surface area contributed by atoms with Gasteiger partial charge in [0.15, 0.2) is 0 Å². The molecule has 0 aliphatic carbocycles. The van der Waals surface area contributed by atoms with Gasteiger partial charge in [0.25, 0.3) is 0 Å². The van der Waals surface area contributed by atoms with Gasteiger partial charge in [0.05, 0.1) is 5.02 Å². The summed E-state index contributed by atoms with van der Waals surface area (Å²) in [5.74, 6) is -0.424. The Balaban J connectivity index is 2.94. The molecule has 0 radical (unpaired) electrons. The fourth-order valence-corrected chi connectivity index (χ4v) is 1.53. The number of hydrogen-bond acceptors (Lipinski definition) is 2. The van der Waals surface area contributed by atoms with Crippen LogP contribution in [-0.2, 0) is 6.42 Å². The highest BCUT2D eigenvalue weighted by Crippen LogP contribution is 2.25. The van der Waals surface area contributed by atoms with E-state index in [4.69, 9.17) is 17.3 Å². The third-order valence-corrected chi connectivity index (χ3v) is 2.82. The molecule has 0 saturated carbocycles. The zero-order chi connectivity index (χ0) is 11.5. The smallest absolute Gasteiger partial charge is 0.144 e. The third-order valence-electron chi connectivity index (χ3n) is 2.52. The molecule has 0 spiro atoms. The van der Waals surface area contributed by atoms with Crippen molar-refractivity contribution in [3.8, 4) is 0 Å². The quantitative estimate of drug-likeness (QED) is 0.833. The van der Waals surface area contributed by atoms with Crippen molar-refractivity contribution in [2.24, 2.45) is 11.1 Å². The average molecular weight is 232 g/mol. The minimum absolute atomic E-state index is 0.0740. The van der Waals surface area contributed by atoms with Crippen molar-refractivity contribution in [3.63, 3.8) is 0 Å². The first-order valence-electron chi connectivity index (χ1n) is 4.76. The van der Waals surface area contributed by atoms with Crippen molar-refractivity contribution in [2.75, 3.05) is 13.2 Å². The molecule has 0 heterocycles. The van der Waals surface area contributed by atoms with Crippen LogP contribution < -0.4 is 5.73 Å². The summed E-state index contributed by atoms with van der Waals surface area (Å²) in [6.45, 7) is 2.04. The Morgan fingerprint density at radius 3 is 2.73 bits per heavy atom. The van der Waals surface area contributed by atoms with Crippen molar-refractivity contribution in [3.05, 3.63) is 34.6 Å². The van der Waals surface area contributed by atoms with Gasteiger partial charge in [0.1, 0.15) is 5.82 Å². The molecule has 0 fully saturated rings. The molecule has 84 valence electrons. The molecule has 15 heavy (non-hydrogen) atoms. The number of rotatable bonds is 4. The molecule has 0 bridgehead atoms. The molecule has 0 aliphatic heterocycles. The van der Waals surface area contributed by atoms with E-state index in [1.165, 1.54) is 6.07 Å². The van der Waals surface area contributed by atoms with Crippen molar-refractivity contribution in [1.82, 2.24) is 0 Å². The summed E-state index contributed by atoms with van der Waals surface area (Å²) in [5, 5.41) is 9.27. The molecule has 1 aromatic rings. The van der Waals surface area contributed by atoms with Gasteiger partial charge in [-0.2, -0.15) is 0 Å². The summed E-state index contributed by atoms with van der Waals surface area (Å²) < 4.78 is 13.6. The first kappa shape index (κ1) is 12.4. The van der Waals surface area contributed by atoms with Crippen LogP contribution in [0.25, 0.3) is 0 Å². The second kappa shape index (κ2) is 4.92. The summed E-state index contributed by atoms with van der Waals surface area (Å²) in [6, 6.07) is 4.85. The molecule has 2 nitrogen and oxygen atoms in total. The van der Waals surface area contributed by atoms with Crippen LogP contribution in [0, 0.1) is 11.2 Å². The molecule has 1 aromatic carbocycles. The number of hydrogen-bond donors (Lipinski definition) is 2. The van der Waals surface area contributed by atoms with Crippen molar-refractivity contribution in [2.45, 2.75) is 13.3 Å². The first-order chi connectivity index (χ1) is 7.02. The predicted octanol–water partition coefficient (Wildman–Crippen LogP) is 1.98. The van der Waals surface area contributed by atoms with Gasteiger partial charge in [0, 0.05) is 18.6 Å². The maximum atomic E-state index is 13.6. The van der Waals surface area contributed by atoms with E-state index < -0.39 is 11.2 Å². The van der Waals surface area contributed by atoms with Crippen molar-refractivity contribution < 1.29 is 9.50 Å². The Morgan fingerprint density at radius 1 is 1.53 bits per heavy atom. The highest BCUT2D eigenvalue weighted by atomic mass is 35.5. The van der Waals surface area contributed by atoms with Gasteiger partial charge in [-0.1, -0.05) is 30.7 Å². The molecule has 1 rings (SSSR count). The molecular formula is C11H15ClFNO. The summed E-state index contributed by atoms with van der Waals surface area (Å²) in [6.07, 6.45) is 0.381. The second-order valence-corrected chi connectivity index (χ2v) is 4.47. The lowest BCUT2D eigenvalue weighted by molar-refractivity contribution is 0.148. The van der Waals surface area contributed by atoms with Gasteiger partial charge in [-0.15, -0.1) is 0 Å². The van der Waals surface area contributed by atoms with Gasteiger partial charge in [0.2, 0.25) is 0 Å². The second-order valence-electron chi connectivity index (χ2n) is 4.06. The van der Waals surface area contributed by atoms with E-state index in [-0.39, 0.29) is 11.6 Å². The normalized spacial score (nSPS) is 15.0. The highest BCUT2D eigenvalue weighted by molar-refractivity contribution is 6.30. The number of benzene rings is 1. The summed E-state index contributed by atoms with van der Waals surface area (Å²) >= 11 is 5.66. The van der Waals surface area contributed by atoms with Crippen LogP contribution in [-0.4, -0.2) is 18.3 Å². The van der Waals surface area contributed by atoms with Gasteiger partial charge < -0.3 is 10.8 Å². The Morgan fingerprint density at radius 2 is 2.20 bits per heavy atom. The molecule has 3 N–H and O–H groups in total. The zero-order valence-corrected chi connectivity index (χ0v) is 9.39. The molecule has 1 unspecified atom stereocenters. The monoisotopic (exact) mass is 231 g/mol. The van der Waals surface area contributed by atoms with Gasteiger partial charge in [-0.05, 0) is 18.1 Å². The van der Waals surface area contributed by atoms with Crippen molar-refractivity contribution in [1.29, 1.82) is 0 Å². The Bertz CT molecular complexity index is 339. The van der Waals surface area contributed by atoms with Crippen LogP contribution >= 0.6 is 11.6 Å². The topological polar surface area (TPSA) is 46.2 Å². The zero-order valence-electron chi connectivity index (χ0n) is 8.63. The van der Waals surface area contributed by atoms with Crippen LogP contribution in [0.4, 0.5) is 4.39 Å². The standard InChI is InChI=1S/C11H15ClFNO/c1-11(6-14,7-15)5-8-3-2-4-9(12)10(8)13/h2-4,15H,5-7,14H2,1H3. The first-order valence-corrected chi connectivity index (χ1v) is 5.14. The largest absolute Gasteiger partial charge is 0.396 e.